The van der Waals surface area contributed by atoms with E-state index in [1.807, 2.05) is 38.1 Å². The lowest BCUT2D eigenvalue weighted by molar-refractivity contribution is -0.137. The zero-order chi connectivity index (χ0) is 21.0. The van der Waals surface area contributed by atoms with Crippen LogP contribution < -0.4 is 4.74 Å². The summed E-state index contributed by atoms with van der Waals surface area (Å²) in [5, 5.41) is 0. The molecule has 1 aromatic carbocycles. The first-order valence-electron chi connectivity index (χ1n) is 10.7. The lowest BCUT2D eigenvalue weighted by atomic mass is 10.0. The lowest BCUT2D eigenvalue weighted by Crippen LogP contribution is -2.46. The van der Waals surface area contributed by atoms with Gasteiger partial charge in [-0.3, -0.25) is 14.5 Å². The Morgan fingerprint density at radius 1 is 0.966 bits per heavy atom. The van der Waals surface area contributed by atoms with E-state index in [1.54, 1.807) is 0 Å². The van der Waals surface area contributed by atoms with Crippen molar-refractivity contribution in [3.63, 3.8) is 0 Å². The Balaban J connectivity index is 1.92. The zero-order valence-electron chi connectivity index (χ0n) is 18.1. The van der Waals surface area contributed by atoms with Gasteiger partial charge >= 0.3 is 0 Å². The van der Waals surface area contributed by atoms with Crippen LogP contribution in [-0.2, 0) is 9.59 Å². The topological polar surface area (TPSA) is 53.1 Å². The number of imide groups is 1. The van der Waals surface area contributed by atoms with Gasteiger partial charge in [0.15, 0.2) is 0 Å². The second-order valence-corrected chi connectivity index (χ2v) is 8.17. The maximum atomic E-state index is 13.3. The molecule has 2 amide bonds. The molecule has 0 saturated carbocycles. The Bertz CT molecular complexity index is 762. The molecule has 0 aromatic heterocycles. The standard InChI is InChI=1S/C23H33N3O3/c1-5-6-7-12-26-22(27)20(18-8-10-19(11-9-18)29-17(2)3)21(23(26)28)25-15-13-24(4)14-16-25/h8-11,17H,5-7,12-16H2,1-4H3. The van der Waals surface area contributed by atoms with Crippen LogP contribution in [0.3, 0.4) is 0 Å². The number of likely N-dealkylation sites (N-methyl/N-ethyl adjacent to an activating group) is 1. The van der Waals surface area contributed by atoms with E-state index >= 15 is 0 Å². The Morgan fingerprint density at radius 2 is 1.62 bits per heavy atom. The van der Waals surface area contributed by atoms with E-state index in [-0.39, 0.29) is 17.9 Å². The van der Waals surface area contributed by atoms with Crippen molar-refractivity contribution in [3.8, 4) is 5.75 Å². The third-order valence-electron chi connectivity index (χ3n) is 5.46. The van der Waals surface area contributed by atoms with Crippen molar-refractivity contribution >= 4 is 17.4 Å². The van der Waals surface area contributed by atoms with Gasteiger partial charge in [-0.2, -0.15) is 0 Å². The number of ether oxygens (including phenoxy) is 1. The monoisotopic (exact) mass is 399 g/mol. The van der Waals surface area contributed by atoms with E-state index in [1.165, 1.54) is 4.90 Å². The lowest BCUT2D eigenvalue weighted by Gasteiger charge is -2.34. The summed E-state index contributed by atoms with van der Waals surface area (Å²) in [5.74, 6) is 0.452. The van der Waals surface area contributed by atoms with Crippen molar-refractivity contribution in [1.82, 2.24) is 14.7 Å². The van der Waals surface area contributed by atoms with Crippen LogP contribution in [0.1, 0.15) is 45.6 Å². The first-order chi connectivity index (χ1) is 13.9. The van der Waals surface area contributed by atoms with Gasteiger partial charge in [-0.25, -0.2) is 0 Å². The number of nitrogens with zero attached hydrogens (tertiary/aromatic N) is 3. The molecule has 1 aromatic rings. The molecule has 2 heterocycles. The summed E-state index contributed by atoms with van der Waals surface area (Å²) in [7, 11) is 2.08. The molecule has 0 spiro atoms. The van der Waals surface area contributed by atoms with Gasteiger partial charge in [-0.05, 0) is 45.0 Å². The average molecular weight is 400 g/mol. The summed E-state index contributed by atoms with van der Waals surface area (Å²) in [6.07, 6.45) is 3.00. The number of unbranched alkanes of at least 4 members (excludes halogenated alkanes) is 2. The number of piperazine rings is 1. The fraction of sp³-hybridized carbons (Fsp3) is 0.565. The van der Waals surface area contributed by atoms with Crippen molar-refractivity contribution in [2.75, 3.05) is 39.8 Å². The largest absolute Gasteiger partial charge is 0.491 e. The summed E-state index contributed by atoms with van der Waals surface area (Å²) in [6.45, 7) is 9.85. The van der Waals surface area contributed by atoms with Gasteiger partial charge in [0, 0.05) is 32.7 Å². The van der Waals surface area contributed by atoms with Gasteiger partial charge in [0.1, 0.15) is 11.4 Å². The molecule has 0 N–H and O–H groups in total. The van der Waals surface area contributed by atoms with Crippen LogP contribution in [0.4, 0.5) is 0 Å². The molecule has 2 aliphatic heterocycles. The van der Waals surface area contributed by atoms with Gasteiger partial charge in [-0.15, -0.1) is 0 Å². The minimum absolute atomic E-state index is 0.0877. The third kappa shape index (κ3) is 4.81. The number of carbonyl (C=O) groups excluding carboxylic acids is 2. The van der Waals surface area contributed by atoms with Gasteiger partial charge in [0.05, 0.1) is 11.7 Å². The average Bonchev–Trinajstić information content (AvgIpc) is 2.94. The number of hydrogen-bond acceptors (Lipinski definition) is 5. The van der Waals surface area contributed by atoms with Crippen LogP contribution in [0.2, 0.25) is 0 Å². The van der Waals surface area contributed by atoms with Crippen LogP contribution in [0.5, 0.6) is 5.75 Å². The number of benzene rings is 1. The molecular formula is C23H33N3O3. The van der Waals surface area contributed by atoms with Crippen LogP contribution in [0, 0.1) is 0 Å². The van der Waals surface area contributed by atoms with Crippen molar-refractivity contribution in [2.45, 2.75) is 46.1 Å². The summed E-state index contributed by atoms with van der Waals surface area (Å²) in [6, 6.07) is 7.54. The molecule has 2 aliphatic rings. The molecule has 0 radical (unpaired) electrons. The molecule has 0 bridgehead atoms. The predicted molar refractivity (Wildman–Crippen MR) is 114 cm³/mol. The fourth-order valence-electron chi connectivity index (χ4n) is 3.84. The molecule has 29 heavy (non-hydrogen) atoms. The molecule has 158 valence electrons. The van der Waals surface area contributed by atoms with Crippen molar-refractivity contribution in [2.24, 2.45) is 0 Å². The van der Waals surface area contributed by atoms with E-state index in [2.05, 4.69) is 23.8 Å². The second-order valence-electron chi connectivity index (χ2n) is 8.17. The second kappa shape index (κ2) is 9.44. The molecule has 0 atom stereocenters. The quantitative estimate of drug-likeness (QED) is 0.497. The number of amides is 2. The minimum Gasteiger partial charge on any atom is -0.491 e. The van der Waals surface area contributed by atoms with Crippen LogP contribution >= 0.6 is 0 Å². The molecular weight excluding hydrogens is 366 g/mol. The summed E-state index contributed by atoms with van der Waals surface area (Å²) in [4.78, 5) is 32.3. The molecule has 1 saturated heterocycles. The zero-order valence-corrected chi connectivity index (χ0v) is 18.1. The van der Waals surface area contributed by atoms with Crippen LogP contribution in [0.25, 0.3) is 5.57 Å². The number of carbonyl (C=O) groups is 2. The molecule has 0 unspecified atom stereocenters. The van der Waals surface area contributed by atoms with E-state index in [0.717, 1.165) is 56.8 Å². The van der Waals surface area contributed by atoms with Crippen molar-refractivity contribution in [3.05, 3.63) is 35.5 Å². The Hall–Kier alpha value is -2.34. The van der Waals surface area contributed by atoms with Crippen LogP contribution in [-0.4, -0.2) is 72.4 Å². The third-order valence-corrected chi connectivity index (χ3v) is 5.46. The summed E-state index contributed by atoms with van der Waals surface area (Å²) in [5.41, 5.74) is 1.88. The number of rotatable bonds is 8. The van der Waals surface area contributed by atoms with E-state index in [0.29, 0.717) is 17.8 Å². The highest BCUT2D eigenvalue weighted by Crippen LogP contribution is 2.33. The van der Waals surface area contributed by atoms with E-state index in [9.17, 15) is 9.59 Å². The van der Waals surface area contributed by atoms with E-state index < -0.39 is 0 Å². The summed E-state index contributed by atoms with van der Waals surface area (Å²) < 4.78 is 5.73. The Morgan fingerprint density at radius 3 is 2.21 bits per heavy atom. The Labute approximate surface area is 174 Å². The maximum Gasteiger partial charge on any atom is 0.277 e. The van der Waals surface area contributed by atoms with Gasteiger partial charge in [0.2, 0.25) is 0 Å². The Kier molecular flexibility index (Phi) is 6.96. The fourth-order valence-corrected chi connectivity index (χ4v) is 3.84. The van der Waals surface area contributed by atoms with Crippen molar-refractivity contribution in [1.29, 1.82) is 0 Å². The molecule has 6 heteroatoms. The molecule has 1 fully saturated rings. The van der Waals surface area contributed by atoms with Gasteiger partial charge in [-0.1, -0.05) is 31.9 Å². The van der Waals surface area contributed by atoms with Crippen LogP contribution in [0.15, 0.2) is 30.0 Å². The summed E-state index contributed by atoms with van der Waals surface area (Å²) >= 11 is 0. The highest BCUT2D eigenvalue weighted by molar-refractivity contribution is 6.35. The first kappa shape index (κ1) is 21.4. The number of hydrogen-bond donors (Lipinski definition) is 0. The van der Waals surface area contributed by atoms with Gasteiger partial charge < -0.3 is 14.5 Å². The van der Waals surface area contributed by atoms with E-state index in [4.69, 9.17) is 4.74 Å². The normalized spacial score (nSPS) is 18.4. The van der Waals surface area contributed by atoms with Gasteiger partial charge in [0.25, 0.3) is 11.8 Å². The smallest absolute Gasteiger partial charge is 0.277 e. The first-order valence-corrected chi connectivity index (χ1v) is 10.7. The molecule has 6 nitrogen and oxygen atoms in total. The molecule has 0 aliphatic carbocycles. The minimum atomic E-state index is -0.169. The van der Waals surface area contributed by atoms with Crippen molar-refractivity contribution < 1.29 is 14.3 Å². The molecule has 3 rings (SSSR count). The maximum absolute atomic E-state index is 13.3. The SMILES string of the molecule is CCCCCN1C(=O)C(c2ccc(OC(C)C)cc2)=C(N2CCN(C)CC2)C1=O. The predicted octanol–water partition coefficient (Wildman–Crippen LogP) is 2.99. The highest BCUT2D eigenvalue weighted by atomic mass is 16.5. The highest BCUT2D eigenvalue weighted by Gasteiger charge is 2.41.